The smallest absolute Gasteiger partial charge is 0.228 e. The van der Waals surface area contributed by atoms with Crippen LogP contribution in [0.2, 0.25) is 0 Å². The van der Waals surface area contributed by atoms with Crippen LogP contribution in [0, 0.1) is 0 Å². The van der Waals surface area contributed by atoms with Gasteiger partial charge in [-0.3, -0.25) is 0 Å². The summed E-state index contributed by atoms with van der Waals surface area (Å²) in [4.78, 5) is 4.40. The van der Waals surface area contributed by atoms with E-state index < -0.39 is 0 Å². The van der Waals surface area contributed by atoms with Crippen molar-refractivity contribution in [2.75, 3.05) is 6.54 Å². The number of aromatic nitrogens is 2. The first-order chi connectivity index (χ1) is 8.15. The highest BCUT2D eigenvalue weighted by atomic mass is 32.2. The van der Waals surface area contributed by atoms with E-state index in [4.69, 9.17) is 4.52 Å². The fourth-order valence-electron chi connectivity index (χ4n) is 1.45. The zero-order valence-corrected chi connectivity index (χ0v) is 12.0. The summed E-state index contributed by atoms with van der Waals surface area (Å²) in [7, 11) is 0. The predicted octanol–water partition coefficient (Wildman–Crippen LogP) is 2.64. The highest BCUT2D eigenvalue weighted by Gasteiger charge is 2.10. The van der Waals surface area contributed by atoms with Crippen LogP contribution in [0.25, 0.3) is 0 Å². The summed E-state index contributed by atoms with van der Waals surface area (Å²) in [6, 6.07) is 0.385. The molecule has 0 fully saturated rings. The number of nitrogens with one attached hydrogen (secondary N) is 1. The van der Waals surface area contributed by atoms with Crippen LogP contribution in [0.3, 0.4) is 0 Å². The maximum atomic E-state index is 5.23. The van der Waals surface area contributed by atoms with Gasteiger partial charge >= 0.3 is 0 Å². The van der Waals surface area contributed by atoms with Gasteiger partial charge in [-0.15, -0.1) is 0 Å². The van der Waals surface area contributed by atoms with Crippen LogP contribution in [0.4, 0.5) is 0 Å². The van der Waals surface area contributed by atoms with E-state index in [1.54, 1.807) is 0 Å². The SMILES string of the molecule is CCNC(C)Cc1nc(CSC(C)CC)no1. The van der Waals surface area contributed by atoms with E-state index in [1.807, 2.05) is 11.8 Å². The Labute approximate surface area is 108 Å². The molecule has 2 unspecified atom stereocenters. The van der Waals surface area contributed by atoms with Crippen molar-refractivity contribution in [2.24, 2.45) is 0 Å². The van der Waals surface area contributed by atoms with E-state index in [0.717, 1.165) is 30.4 Å². The van der Waals surface area contributed by atoms with Gasteiger partial charge in [0, 0.05) is 17.7 Å². The zero-order valence-electron chi connectivity index (χ0n) is 11.2. The molecule has 0 saturated heterocycles. The van der Waals surface area contributed by atoms with Crippen molar-refractivity contribution in [3.05, 3.63) is 11.7 Å². The monoisotopic (exact) mass is 257 g/mol. The van der Waals surface area contributed by atoms with Gasteiger partial charge in [-0.1, -0.05) is 25.9 Å². The average Bonchev–Trinajstić information content (AvgIpc) is 2.74. The van der Waals surface area contributed by atoms with Crippen molar-refractivity contribution in [1.82, 2.24) is 15.5 Å². The molecule has 2 atom stereocenters. The Morgan fingerprint density at radius 2 is 2.12 bits per heavy atom. The van der Waals surface area contributed by atoms with Crippen LogP contribution in [0.5, 0.6) is 0 Å². The lowest BCUT2D eigenvalue weighted by molar-refractivity contribution is 0.359. The van der Waals surface area contributed by atoms with Crippen molar-refractivity contribution < 1.29 is 4.52 Å². The molecule has 0 aromatic carbocycles. The molecule has 98 valence electrons. The van der Waals surface area contributed by atoms with E-state index in [1.165, 1.54) is 6.42 Å². The van der Waals surface area contributed by atoms with Crippen molar-refractivity contribution in [3.63, 3.8) is 0 Å². The second-order valence-corrected chi connectivity index (χ2v) is 5.72. The summed E-state index contributed by atoms with van der Waals surface area (Å²) < 4.78 is 5.23. The number of hydrogen-bond acceptors (Lipinski definition) is 5. The fourth-order valence-corrected chi connectivity index (χ4v) is 2.24. The first-order valence-electron chi connectivity index (χ1n) is 6.32. The molecule has 1 aromatic rings. The first kappa shape index (κ1) is 14.5. The maximum Gasteiger partial charge on any atom is 0.228 e. The number of nitrogens with zero attached hydrogens (tertiary/aromatic N) is 2. The van der Waals surface area contributed by atoms with E-state index in [2.05, 4.69) is 43.2 Å². The predicted molar refractivity (Wildman–Crippen MR) is 72.2 cm³/mol. The zero-order chi connectivity index (χ0) is 12.7. The molecule has 1 N–H and O–H groups in total. The molecule has 1 rings (SSSR count). The molecule has 0 aliphatic heterocycles. The van der Waals surface area contributed by atoms with Crippen LogP contribution in [0.15, 0.2) is 4.52 Å². The van der Waals surface area contributed by atoms with E-state index in [0.29, 0.717) is 11.3 Å². The van der Waals surface area contributed by atoms with Crippen molar-refractivity contribution in [3.8, 4) is 0 Å². The first-order valence-corrected chi connectivity index (χ1v) is 7.37. The lowest BCUT2D eigenvalue weighted by Crippen LogP contribution is -2.27. The van der Waals surface area contributed by atoms with Gasteiger partial charge in [-0.05, 0) is 19.9 Å². The van der Waals surface area contributed by atoms with Gasteiger partial charge in [0.2, 0.25) is 5.89 Å². The fraction of sp³-hybridized carbons (Fsp3) is 0.833. The molecule has 0 aliphatic rings. The van der Waals surface area contributed by atoms with Gasteiger partial charge in [0.15, 0.2) is 5.82 Å². The molecular formula is C12H23N3OS. The standard InChI is InChI=1S/C12H23N3OS/c1-5-10(4)17-8-11-14-12(16-15-11)7-9(3)13-6-2/h9-10,13H,5-8H2,1-4H3. The number of thioether (sulfide) groups is 1. The Bertz CT molecular complexity index is 316. The summed E-state index contributed by atoms with van der Waals surface area (Å²) in [6.07, 6.45) is 1.97. The lowest BCUT2D eigenvalue weighted by Gasteiger charge is -2.07. The number of likely N-dealkylation sites (N-methyl/N-ethyl adjacent to an activating group) is 1. The summed E-state index contributed by atoms with van der Waals surface area (Å²) in [5, 5.41) is 7.98. The van der Waals surface area contributed by atoms with E-state index in [9.17, 15) is 0 Å². The third-order valence-electron chi connectivity index (χ3n) is 2.62. The van der Waals surface area contributed by atoms with Crippen LogP contribution >= 0.6 is 11.8 Å². The van der Waals surface area contributed by atoms with Crippen LogP contribution in [-0.2, 0) is 12.2 Å². The molecule has 17 heavy (non-hydrogen) atoms. The van der Waals surface area contributed by atoms with Crippen molar-refractivity contribution in [1.29, 1.82) is 0 Å². The minimum absolute atomic E-state index is 0.385. The third kappa shape index (κ3) is 5.55. The molecule has 4 nitrogen and oxygen atoms in total. The van der Waals surface area contributed by atoms with Gasteiger partial charge in [0.1, 0.15) is 0 Å². The molecule has 0 aliphatic carbocycles. The minimum Gasteiger partial charge on any atom is -0.339 e. The molecule has 0 saturated carbocycles. The Morgan fingerprint density at radius 1 is 1.35 bits per heavy atom. The Morgan fingerprint density at radius 3 is 2.76 bits per heavy atom. The molecule has 0 spiro atoms. The second kappa shape index (κ2) is 7.71. The molecular weight excluding hydrogens is 234 g/mol. The molecule has 0 bridgehead atoms. The lowest BCUT2D eigenvalue weighted by atomic mass is 10.2. The van der Waals surface area contributed by atoms with Gasteiger partial charge < -0.3 is 9.84 Å². The van der Waals surface area contributed by atoms with Gasteiger partial charge in [-0.25, -0.2) is 0 Å². The summed E-state index contributed by atoms with van der Waals surface area (Å²) in [5.74, 6) is 2.39. The second-order valence-electron chi connectivity index (χ2n) is 4.30. The van der Waals surface area contributed by atoms with Gasteiger partial charge in [0.05, 0.1) is 5.75 Å². The molecule has 0 amide bonds. The van der Waals surface area contributed by atoms with Crippen molar-refractivity contribution >= 4 is 11.8 Å². The molecule has 5 heteroatoms. The Balaban J connectivity index is 2.37. The van der Waals surface area contributed by atoms with E-state index in [-0.39, 0.29) is 0 Å². The molecule has 0 radical (unpaired) electrons. The normalized spacial score (nSPS) is 14.8. The van der Waals surface area contributed by atoms with E-state index >= 15 is 0 Å². The Hall–Kier alpha value is -0.550. The summed E-state index contributed by atoms with van der Waals surface area (Å²) >= 11 is 1.87. The quantitative estimate of drug-likeness (QED) is 0.776. The van der Waals surface area contributed by atoms with Crippen molar-refractivity contribution in [2.45, 2.75) is 57.6 Å². The molecule has 1 aromatic heterocycles. The third-order valence-corrected chi connectivity index (χ3v) is 3.94. The highest BCUT2D eigenvalue weighted by Crippen LogP contribution is 2.18. The highest BCUT2D eigenvalue weighted by molar-refractivity contribution is 7.99. The largest absolute Gasteiger partial charge is 0.339 e. The molecule has 1 heterocycles. The maximum absolute atomic E-state index is 5.23. The van der Waals surface area contributed by atoms with Gasteiger partial charge in [-0.2, -0.15) is 16.7 Å². The summed E-state index contributed by atoms with van der Waals surface area (Å²) in [5.41, 5.74) is 0. The Kier molecular flexibility index (Phi) is 6.58. The number of hydrogen-bond donors (Lipinski definition) is 1. The van der Waals surface area contributed by atoms with Crippen LogP contribution < -0.4 is 5.32 Å². The van der Waals surface area contributed by atoms with Gasteiger partial charge in [0.25, 0.3) is 0 Å². The summed E-state index contributed by atoms with van der Waals surface area (Å²) in [6.45, 7) is 9.60. The average molecular weight is 257 g/mol. The van der Waals surface area contributed by atoms with Crippen LogP contribution in [0.1, 0.15) is 45.8 Å². The topological polar surface area (TPSA) is 51.0 Å². The number of rotatable bonds is 8. The minimum atomic E-state index is 0.385. The van der Waals surface area contributed by atoms with Crippen LogP contribution in [-0.4, -0.2) is 28.0 Å².